The van der Waals surface area contributed by atoms with E-state index in [1.54, 1.807) is 0 Å². The van der Waals surface area contributed by atoms with Crippen molar-refractivity contribution in [3.05, 3.63) is 5.01 Å². The standard InChI is InChI=1S/C13H23N3OS/c1-5-9(6-2)11(17)14-13-16-15-12(18-13)10(7-3)8-4/h9-10H,5-8H2,1-4H3,(H,14,16,17). The molecule has 1 aromatic heterocycles. The molecule has 18 heavy (non-hydrogen) atoms. The molecule has 0 saturated carbocycles. The Kier molecular flexibility index (Phi) is 6.25. The second-order valence-corrected chi connectivity index (χ2v) is 5.47. The zero-order valence-electron chi connectivity index (χ0n) is 11.7. The molecule has 1 heterocycles. The van der Waals surface area contributed by atoms with Crippen LogP contribution in [0.1, 0.15) is 64.3 Å². The summed E-state index contributed by atoms with van der Waals surface area (Å²) in [4.78, 5) is 11.9. The summed E-state index contributed by atoms with van der Waals surface area (Å²) in [5, 5.41) is 12.8. The molecule has 0 aromatic carbocycles. The van der Waals surface area contributed by atoms with Gasteiger partial charge < -0.3 is 5.32 Å². The minimum atomic E-state index is 0.0623. The van der Waals surface area contributed by atoms with Gasteiger partial charge in [0, 0.05) is 11.8 Å². The molecule has 0 aliphatic rings. The largest absolute Gasteiger partial charge is 0.300 e. The van der Waals surface area contributed by atoms with E-state index in [4.69, 9.17) is 0 Å². The Morgan fingerprint density at radius 3 is 2.22 bits per heavy atom. The number of hydrogen-bond donors (Lipinski definition) is 1. The molecule has 0 aliphatic heterocycles. The molecule has 0 spiro atoms. The molecule has 0 atom stereocenters. The first-order valence-electron chi connectivity index (χ1n) is 6.80. The zero-order valence-corrected chi connectivity index (χ0v) is 12.5. The van der Waals surface area contributed by atoms with Crippen LogP contribution in [0, 0.1) is 5.92 Å². The van der Waals surface area contributed by atoms with Crippen LogP contribution in [0.15, 0.2) is 0 Å². The van der Waals surface area contributed by atoms with Crippen LogP contribution in [0.4, 0.5) is 5.13 Å². The summed E-state index contributed by atoms with van der Waals surface area (Å²) in [6.07, 6.45) is 3.85. The van der Waals surface area contributed by atoms with Gasteiger partial charge in [0.05, 0.1) is 0 Å². The molecular weight excluding hydrogens is 246 g/mol. The van der Waals surface area contributed by atoms with Crippen molar-refractivity contribution in [2.45, 2.75) is 59.3 Å². The Hall–Kier alpha value is -0.970. The number of rotatable bonds is 7. The van der Waals surface area contributed by atoms with Crippen LogP contribution in [0.5, 0.6) is 0 Å². The summed E-state index contributed by atoms with van der Waals surface area (Å²) in [7, 11) is 0. The number of carbonyl (C=O) groups excluding carboxylic acids is 1. The van der Waals surface area contributed by atoms with Crippen molar-refractivity contribution >= 4 is 22.4 Å². The SMILES string of the molecule is CCC(CC)C(=O)Nc1nnc(C(CC)CC)s1. The van der Waals surface area contributed by atoms with Gasteiger partial charge in [0.25, 0.3) is 0 Å². The molecule has 0 radical (unpaired) electrons. The van der Waals surface area contributed by atoms with E-state index in [0.29, 0.717) is 11.0 Å². The van der Waals surface area contributed by atoms with Gasteiger partial charge in [-0.3, -0.25) is 4.79 Å². The molecule has 1 amide bonds. The van der Waals surface area contributed by atoms with Gasteiger partial charge in [-0.05, 0) is 25.7 Å². The lowest BCUT2D eigenvalue weighted by atomic mass is 10.0. The quantitative estimate of drug-likeness (QED) is 0.818. The number of aromatic nitrogens is 2. The predicted octanol–water partition coefficient (Wildman–Crippen LogP) is 3.82. The molecule has 1 rings (SSSR count). The lowest BCUT2D eigenvalue weighted by molar-refractivity contribution is -0.120. The normalized spacial score (nSPS) is 11.2. The van der Waals surface area contributed by atoms with Crippen molar-refractivity contribution in [2.75, 3.05) is 5.32 Å². The molecule has 0 unspecified atom stereocenters. The molecule has 5 heteroatoms. The highest BCUT2D eigenvalue weighted by molar-refractivity contribution is 7.15. The van der Waals surface area contributed by atoms with E-state index in [9.17, 15) is 4.79 Å². The van der Waals surface area contributed by atoms with Gasteiger partial charge in [0.15, 0.2) is 0 Å². The third kappa shape index (κ3) is 3.77. The summed E-state index contributed by atoms with van der Waals surface area (Å²) in [5.74, 6) is 0.596. The second-order valence-electron chi connectivity index (χ2n) is 4.46. The van der Waals surface area contributed by atoms with Crippen molar-refractivity contribution in [1.82, 2.24) is 10.2 Å². The maximum Gasteiger partial charge on any atom is 0.229 e. The van der Waals surface area contributed by atoms with Gasteiger partial charge >= 0.3 is 0 Å². The Balaban J connectivity index is 2.66. The lowest BCUT2D eigenvalue weighted by Gasteiger charge is -2.10. The van der Waals surface area contributed by atoms with Gasteiger partial charge in [0.2, 0.25) is 11.0 Å². The number of nitrogens with one attached hydrogen (secondary N) is 1. The van der Waals surface area contributed by atoms with Crippen molar-refractivity contribution in [1.29, 1.82) is 0 Å². The molecular formula is C13H23N3OS. The summed E-state index contributed by atoms with van der Waals surface area (Å²) in [6, 6.07) is 0. The van der Waals surface area contributed by atoms with Crippen LogP contribution >= 0.6 is 11.3 Å². The molecule has 0 bridgehead atoms. The van der Waals surface area contributed by atoms with Gasteiger partial charge in [0.1, 0.15) is 5.01 Å². The second kappa shape index (κ2) is 7.46. The number of nitrogens with zero attached hydrogens (tertiary/aromatic N) is 2. The zero-order chi connectivity index (χ0) is 13.5. The number of anilines is 1. The summed E-state index contributed by atoms with van der Waals surface area (Å²) < 4.78 is 0. The molecule has 0 aliphatic carbocycles. The van der Waals surface area contributed by atoms with E-state index in [2.05, 4.69) is 29.4 Å². The van der Waals surface area contributed by atoms with Crippen LogP contribution in [-0.4, -0.2) is 16.1 Å². The summed E-state index contributed by atoms with van der Waals surface area (Å²) >= 11 is 1.50. The minimum Gasteiger partial charge on any atom is -0.300 e. The Labute approximate surface area is 113 Å². The fourth-order valence-electron chi connectivity index (χ4n) is 1.95. The molecule has 0 fully saturated rings. The van der Waals surface area contributed by atoms with Crippen molar-refractivity contribution < 1.29 is 4.79 Å². The maximum atomic E-state index is 11.9. The molecule has 0 saturated heterocycles. The van der Waals surface area contributed by atoms with E-state index >= 15 is 0 Å². The third-order valence-corrected chi connectivity index (χ3v) is 4.36. The first-order valence-corrected chi connectivity index (χ1v) is 7.61. The highest BCUT2D eigenvalue weighted by Gasteiger charge is 2.18. The fraction of sp³-hybridized carbons (Fsp3) is 0.769. The van der Waals surface area contributed by atoms with E-state index in [1.165, 1.54) is 11.3 Å². The molecule has 4 nitrogen and oxygen atoms in total. The fourth-order valence-corrected chi connectivity index (χ4v) is 2.97. The first-order chi connectivity index (χ1) is 8.65. The molecule has 1 N–H and O–H groups in total. The van der Waals surface area contributed by atoms with E-state index in [-0.39, 0.29) is 11.8 Å². The topological polar surface area (TPSA) is 54.9 Å². The maximum absolute atomic E-state index is 11.9. The van der Waals surface area contributed by atoms with Crippen molar-refractivity contribution in [2.24, 2.45) is 5.92 Å². The van der Waals surface area contributed by atoms with Crippen LogP contribution in [0.3, 0.4) is 0 Å². The Bertz CT molecular complexity index is 370. The average molecular weight is 269 g/mol. The van der Waals surface area contributed by atoms with E-state index in [0.717, 1.165) is 30.7 Å². The number of carbonyl (C=O) groups is 1. The van der Waals surface area contributed by atoms with Crippen LogP contribution in [0.25, 0.3) is 0 Å². The van der Waals surface area contributed by atoms with Gasteiger partial charge in [-0.1, -0.05) is 39.0 Å². The average Bonchev–Trinajstić information content (AvgIpc) is 2.81. The summed E-state index contributed by atoms with van der Waals surface area (Å²) in [6.45, 7) is 8.36. The van der Waals surface area contributed by atoms with Crippen LogP contribution in [0.2, 0.25) is 0 Å². The Morgan fingerprint density at radius 2 is 1.72 bits per heavy atom. The number of hydrogen-bond acceptors (Lipinski definition) is 4. The van der Waals surface area contributed by atoms with Gasteiger partial charge in [-0.2, -0.15) is 0 Å². The van der Waals surface area contributed by atoms with Crippen LogP contribution in [-0.2, 0) is 4.79 Å². The molecule has 1 aromatic rings. The van der Waals surface area contributed by atoms with Crippen molar-refractivity contribution in [3.63, 3.8) is 0 Å². The highest BCUT2D eigenvalue weighted by Crippen LogP contribution is 2.28. The smallest absolute Gasteiger partial charge is 0.229 e. The lowest BCUT2D eigenvalue weighted by Crippen LogP contribution is -2.21. The highest BCUT2D eigenvalue weighted by atomic mass is 32.1. The van der Waals surface area contributed by atoms with E-state index in [1.807, 2.05) is 13.8 Å². The number of amides is 1. The predicted molar refractivity (Wildman–Crippen MR) is 75.9 cm³/mol. The van der Waals surface area contributed by atoms with Crippen molar-refractivity contribution in [3.8, 4) is 0 Å². The van der Waals surface area contributed by atoms with Gasteiger partial charge in [-0.15, -0.1) is 10.2 Å². The van der Waals surface area contributed by atoms with E-state index < -0.39 is 0 Å². The first kappa shape index (κ1) is 15.1. The summed E-state index contributed by atoms with van der Waals surface area (Å²) in [5.41, 5.74) is 0. The Morgan fingerprint density at radius 1 is 1.11 bits per heavy atom. The van der Waals surface area contributed by atoms with Crippen LogP contribution < -0.4 is 5.32 Å². The monoisotopic (exact) mass is 269 g/mol. The van der Waals surface area contributed by atoms with Gasteiger partial charge in [-0.25, -0.2) is 0 Å². The molecule has 102 valence electrons. The third-order valence-electron chi connectivity index (χ3n) is 3.36. The minimum absolute atomic E-state index is 0.0623.